The molecule has 1 aromatic carbocycles. The number of carbonyl (C=O) groups is 1. The molecule has 1 atom stereocenters. The number of carbonyl (C=O) groups excluding carboxylic acids is 1. The summed E-state index contributed by atoms with van der Waals surface area (Å²) < 4.78 is 5.32. The predicted molar refractivity (Wildman–Crippen MR) is 113 cm³/mol. The zero-order valence-corrected chi connectivity index (χ0v) is 17.5. The van der Waals surface area contributed by atoms with Crippen LogP contribution in [0.4, 0.5) is 0 Å². The first-order valence-corrected chi connectivity index (χ1v) is 10.7. The van der Waals surface area contributed by atoms with Crippen molar-refractivity contribution in [2.24, 2.45) is 5.92 Å². The topological polar surface area (TPSA) is 87.6 Å². The van der Waals surface area contributed by atoms with Gasteiger partial charge in [-0.15, -0.1) is 0 Å². The third kappa shape index (κ3) is 5.22. The summed E-state index contributed by atoms with van der Waals surface area (Å²) in [7, 11) is 1.74. The zero-order valence-electron chi connectivity index (χ0n) is 17.5. The molecule has 1 aliphatic carbocycles. The molecule has 0 saturated heterocycles. The van der Waals surface area contributed by atoms with E-state index in [0.29, 0.717) is 24.3 Å². The van der Waals surface area contributed by atoms with Gasteiger partial charge in [-0.1, -0.05) is 24.3 Å². The largest absolute Gasteiger partial charge is 0.390 e. The minimum absolute atomic E-state index is 0.203. The number of fused-ring (bicyclic) bond motifs is 1. The molecule has 2 aliphatic rings. The molecule has 0 unspecified atom stereocenters. The van der Waals surface area contributed by atoms with E-state index >= 15 is 0 Å². The summed E-state index contributed by atoms with van der Waals surface area (Å²) >= 11 is 0. The Hall–Kier alpha value is -2.35. The Balaban J connectivity index is 1.23. The molecular weight excluding hydrogens is 380 g/mol. The van der Waals surface area contributed by atoms with Crippen LogP contribution < -0.4 is 5.32 Å². The van der Waals surface area contributed by atoms with Crippen LogP contribution in [-0.4, -0.2) is 64.8 Å². The summed E-state index contributed by atoms with van der Waals surface area (Å²) in [5.74, 6) is 0.280. The van der Waals surface area contributed by atoms with Gasteiger partial charge in [-0.25, -0.2) is 9.97 Å². The zero-order chi connectivity index (χ0) is 20.9. The number of aliphatic hydroxyl groups excluding tert-OH is 1. The van der Waals surface area contributed by atoms with Crippen LogP contribution in [0.25, 0.3) is 0 Å². The highest BCUT2D eigenvalue weighted by atomic mass is 16.5. The molecule has 2 aromatic rings. The van der Waals surface area contributed by atoms with Crippen molar-refractivity contribution in [2.45, 2.75) is 44.4 Å². The highest BCUT2D eigenvalue weighted by Gasteiger charge is 2.29. The molecule has 1 fully saturated rings. The van der Waals surface area contributed by atoms with Gasteiger partial charge in [0, 0.05) is 39.0 Å². The summed E-state index contributed by atoms with van der Waals surface area (Å²) in [6.07, 6.45) is 5.08. The van der Waals surface area contributed by atoms with E-state index < -0.39 is 6.10 Å². The van der Waals surface area contributed by atoms with Crippen LogP contribution in [0, 0.1) is 5.92 Å². The fourth-order valence-electron chi connectivity index (χ4n) is 4.34. The van der Waals surface area contributed by atoms with Crippen LogP contribution in [0.5, 0.6) is 0 Å². The Morgan fingerprint density at radius 1 is 1.30 bits per heavy atom. The number of aromatic nitrogens is 2. The highest BCUT2D eigenvalue weighted by molar-refractivity contribution is 5.92. The molecule has 1 aliphatic heterocycles. The molecule has 160 valence electrons. The van der Waals surface area contributed by atoms with E-state index in [1.165, 1.54) is 17.5 Å². The van der Waals surface area contributed by atoms with Gasteiger partial charge in [0.2, 0.25) is 0 Å². The standard InChI is InChI=1S/C23H30N4O3/c1-30-21-9-16(10-21)8-19-11-22(26-15-25-19)23(29)24-12-20(28)14-27-7-6-17-4-2-3-5-18(17)13-27/h2-5,11,15-16,20-21,28H,6-10,12-14H2,1H3,(H,24,29)/t16?,20-,21?/m0/s1. The number of β-amino-alcohol motifs (C(OH)–C–C–N with tert-alkyl or cyclic N) is 1. The minimum Gasteiger partial charge on any atom is -0.390 e. The Kier molecular flexibility index (Phi) is 6.72. The lowest BCUT2D eigenvalue weighted by atomic mass is 9.79. The van der Waals surface area contributed by atoms with Gasteiger partial charge in [-0.05, 0) is 48.8 Å². The smallest absolute Gasteiger partial charge is 0.270 e. The Morgan fingerprint density at radius 2 is 2.10 bits per heavy atom. The molecule has 1 amide bonds. The number of methoxy groups -OCH3 is 1. The quantitative estimate of drug-likeness (QED) is 0.687. The molecule has 0 bridgehead atoms. The maximum absolute atomic E-state index is 12.5. The van der Waals surface area contributed by atoms with Gasteiger partial charge in [0.1, 0.15) is 12.0 Å². The summed E-state index contributed by atoms with van der Waals surface area (Å²) in [6, 6.07) is 10.2. The van der Waals surface area contributed by atoms with Gasteiger partial charge in [0.05, 0.1) is 12.2 Å². The van der Waals surface area contributed by atoms with Crippen molar-refractivity contribution in [3.8, 4) is 0 Å². The third-order valence-corrected chi connectivity index (χ3v) is 6.16. The van der Waals surface area contributed by atoms with Crippen molar-refractivity contribution >= 4 is 5.91 Å². The third-order valence-electron chi connectivity index (χ3n) is 6.16. The van der Waals surface area contributed by atoms with Crippen LogP contribution in [0.1, 0.15) is 40.2 Å². The van der Waals surface area contributed by atoms with E-state index in [4.69, 9.17) is 4.74 Å². The molecule has 0 spiro atoms. The minimum atomic E-state index is -0.624. The number of nitrogens with zero attached hydrogens (tertiary/aromatic N) is 3. The molecule has 2 N–H and O–H groups in total. The second-order valence-electron chi connectivity index (χ2n) is 8.41. The van der Waals surface area contributed by atoms with E-state index in [1.807, 2.05) is 0 Å². The summed E-state index contributed by atoms with van der Waals surface area (Å²) in [5, 5.41) is 13.2. The molecule has 7 nitrogen and oxygen atoms in total. The Labute approximate surface area is 177 Å². The fourth-order valence-corrected chi connectivity index (χ4v) is 4.34. The van der Waals surface area contributed by atoms with Crippen LogP contribution in [0.2, 0.25) is 0 Å². The molecule has 4 rings (SSSR count). The maximum Gasteiger partial charge on any atom is 0.270 e. The van der Waals surface area contributed by atoms with Gasteiger partial charge >= 0.3 is 0 Å². The first-order chi connectivity index (χ1) is 14.6. The second kappa shape index (κ2) is 9.64. The summed E-state index contributed by atoms with van der Waals surface area (Å²) in [6.45, 7) is 2.49. The van der Waals surface area contributed by atoms with Gasteiger partial charge in [0.15, 0.2) is 0 Å². The van der Waals surface area contributed by atoms with Crippen molar-refractivity contribution in [3.05, 3.63) is 59.2 Å². The van der Waals surface area contributed by atoms with Crippen molar-refractivity contribution in [3.63, 3.8) is 0 Å². The monoisotopic (exact) mass is 410 g/mol. The second-order valence-corrected chi connectivity index (χ2v) is 8.41. The normalized spacial score (nSPS) is 22.1. The summed E-state index contributed by atoms with van der Waals surface area (Å²) in [5.41, 5.74) is 3.93. The number of ether oxygens (including phenoxy) is 1. The Morgan fingerprint density at radius 3 is 2.90 bits per heavy atom. The van der Waals surface area contributed by atoms with Gasteiger partial charge in [-0.2, -0.15) is 0 Å². The van der Waals surface area contributed by atoms with Crippen LogP contribution in [0.15, 0.2) is 36.7 Å². The first kappa shape index (κ1) is 20.9. The maximum atomic E-state index is 12.5. The van der Waals surface area contributed by atoms with Crippen LogP contribution in [-0.2, 0) is 24.1 Å². The lowest BCUT2D eigenvalue weighted by molar-refractivity contribution is 0.00114. The van der Waals surface area contributed by atoms with E-state index in [1.54, 1.807) is 13.2 Å². The molecule has 1 aromatic heterocycles. The number of rotatable bonds is 8. The van der Waals surface area contributed by atoms with E-state index in [2.05, 4.69) is 44.5 Å². The molecule has 0 radical (unpaired) electrons. The number of amides is 1. The van der Waals surface area contributed by atoms with Crippen molar-refractivity contribution in [2.75, 3.05) is 26.7 Å². The Bertz CT molecular complexity index is 869. The molecule has 1 saturated carbocycles. The molecule has 30 heavy (non-hydrogen) atoms. The first-order valence-electron chi connectivity index (χ1n) is 10.7. The molecular formula is C23H30N4O3. The summed E-state index contributed by atoms with van der Waals surface area (Å²) in [4.78, 5) is 23.1. The van der Waals surface area contributed by atoms with Crippen molar-refractivity contribution in [1.82, 2.24) is 20.2 Å². The number of benzene rings is 1. The number of hydrogen-bond acceptors (Lipinski definition) is 6. The predicted octanol–water partition coefficient (Wildman–Crippen LogP) is 1.59. The van der Waals surface area contributed by atoms with E-state index in [-0.39, 0.29) is 12.5 Å². The molecule has 2 heterocycles. The number of nitrogens with one attached hydrogen (secondary N) is 1. The lowest BCUT2D eigenvalue weighted by Crippen LogP contribution is -2.42. The lowest BCUT2D eigenvalue weighted by Gasteiger charge is -2.33. The average molecular weight is 411 g/mol. The van der Waals surface area contributed by atoms with Crippen LogP contribution >= 0.6 is 0 Å². The van der Waals surface area contributed by atoms with Crippen molar-refractivity contribution in [1.29, 1.82) is 0 Å². The number of aliphatic hydroxyl groups is 1. The van der Waals surface area contributed by atoms with Crippen LogP contribution in [0.3, 0.4) is 0 Å². The number of hydrogen-bond donors (Lipinski definition) is 2. The fraction of sp³-hybridized carbons (Fsp3) is 0.522. The SMILES string of the molecule is COC1CC(Cc2cc(C(=O)NC[C@H](O)CN3CCc4ccccc4C3)ncn2)C1. The average Bonchev–Trinajstić information content (AvgIpc) is 2.74. The van der Waals surface area contributed by atoms with E-state index in [9.17, 15) is 9.90 Å². The molecule has 7 heteroatoms. The van der Waals surface area contributed by atoms with Gasteiger partial charge in [0.25, 0.3) is 5.91 Å². The van der Waals surface area contributed by atoms with E-state index in [0.717, 1.165) is 44.5 Å². The van der Waals surface area contributed by atoms with Gasteiger partial charge < -0.3 is 15.2 Å². The van der Waals surface area contributed by atoms with Gasteiger partial charge in [-0.3, -0.25) is 9.69 Å². The highest BCUT2D eigenvalue weighted by Crippen LogP contribution is 2.32. The van der Waals surface area contributed by atoms with Crippen molar-refractivity contribution < 1.29 is 14.6 Å².